The standard InChI is InChI=1S/C15H15ClN2O/c1-9-3-5-12(10(2)7-9)15(19)18-11-4-6-13(16)14(17)8-11/h3-8H,17H2,1-2H3,(H,18,19). The first-order chi connectivity index (χ1) is 8.97. The summed E-state index contributed by atoms with van der Waals surface area (Å²) in [5, 5.41) is 3.29. The third-order valence-corrected chi connectivity index (χ3v) is 3.22. The zero-order valence-electron chi connectivity index (χ0n) is 10.8. The van der Waals surface area contributed by atoms with Gasteiger partial charge >= 0.3 is 0 Å². The Morgan fingerprint density at radius 2 is 1.89 bits per heavy atom. The number of aryl methyl sites for hydroxylation is 2. The molecule has 0 spiro atoms. The summed E-state index contributed by atoms with van der Waals surface area (Å²) < 4.78 is 0. The van der Waals surface area contributed by atoms with Crippen molar-refractivity contribution in [1.29, 1.82) is 0 Å². The van der Waals surface area contributed by atoms with Crippen molar-refractivity contribution < 1.29 is 4.79 Å². The molecule has 2 aromatic carbocycles. The molecule has 2 rings (SSSR count). The summed E-state index contributed by atoms with van der Waals surface area (Å²) in [6, 6.07) is 10.7. The van der Waals surface area contributed by atoms with E-state index in [2.05, 4.69) is 5.32 Å². The van der Waals surface area contributed by atoms with Crippen LogP contribution in [0.3, 0.4) is 0 Å². The molecule has 0 unspecified atom stereocenters. The molecule has 0 radical (unpaired) electrons. The van der Waals surface area contributed by atoms with E-state index in [0.717, 1.165) is 11.1 Å². The first kappa shape index (κ1) is 13.4. The molecule has 3 N–H and O–H groups in total. The Balaban J connectivity index is 2.23. The molecule has 98 valence electrons. The topological polar surface area (TPSA) is 55.1 Å². The molecule has 19 heavy (non-hydrogen) atoms. The second-order valence-electron chi connectivity index (χ2n) is 4.51. The number of carbonyl (C=O) groups excluding carboxylic acids is 1. The minimum atomic E-state index is -0.153. The van der Waals surface area contributed by atoms with Crippen molar-refractivity contribution in [3.8, 4) is 0 Å². The van der Waals surface area contributed by atoms with E-state index in [4.69, 9.17) is 17.3 Å². The van der Waals surface area contributed by atoms with Crippen LogP contribution in [0.2, 0.25) is 5.02 Å². The molecule has 0 fully saturated rings. The third-order valence-electron chi connectivity index (χ3n) is 2.88. The van der Waals surface area contributed by atoms with Crippen LogP contribution >= 0.6 is 11.6 Å². The molecule has 4 heteroatoms. The molecule has 0 atom stereocenters. The molecule has 0 aliphatic rings. The Hall–Kier alpha value is -2.00. The van der Waals surface area contributed by atoms with Crippen molar-refractivity contribution in [3.05, 3.63) is 58.1 Å². The zero-order chi connectivity index (χ0) is 14.0. The minimum absolute atomic E-state index is 0.153. The lowest BCUT2D eigenvalue weighted by Crippen LogP contribution is -2.13. The molecule has 0 aliphatic heterocycles. The molecule has 1 amide bonds. The molecule has 0 saturated carbocycles. The van der Waals surface area contributed by atoms with Gasteiger partial charge in [-0.3, -0.25) is 4.79 Å². The van der Waals surface area contributed by atoms with Crippen LogP contribution in [0.4, 0.5) is 11.4 Å². The molecule has 0 heterocycles. The van der Waals surface area contributed by atoms with Crippen molar-refractivity contribution in [1.82, 2.24) is 0 Å². The molecule has 0 aliphatic carbocycles. The van der Waals surface area contributed by atoms with Crippen LogP contribution in [0, 0.1) is 13.8 Å². The molecule has 0 bridgehead atoms. The number of carbonyl (C=O) groups is 1. The largest absolute Gasteiger partial charge is 0.397 e. The van der Waals surface area contributed by atoms with Crippen LogP contribution < -0.4 is 11.1 Å². The van der Waals surface area contributed by atoms with Gasteiger partial charge in [0, 0.05) is 11.3 Å². The highest BCUT2D eigenvalue weighted by atomic mass is 35.5. The van der Waals surface area contributed by atoms with E-state index in [9.17, 15) is 4.79 Å². The normalized spacial score (nSPS) is 10.3. The number of hydrogen-bond donors (Lipinski definition) is 2. The number of nitrogens with one attached hydrogen (secondary N) is 1. The van der Waals surface area contributed by atoms with Gasteiger partial charge in [0.05, 0.1) is 10.7 Å². The van der Waals surface area contributed by atoms with Gasteiger partial charge in [-0.05, 0) is 43.7 Å². The fourth-order valence-electron chi connectivity index (χ4n) is 1.89. The molecular formula is C15H15ClN2O. The van der Waals surface area contributed by atoms with Crippen molar-refractivity contribution >= 4 is 28.9 Å². The van der Waals surface area contributed by atoms with E-state index in [0.29, 0.717) is 22.0 Å². The van der Waals surface area contributed by atoms with Gasteiger partial charge in [-0.2, -0.15) is 0 Å². The fraction of sp³-hybridized carbons (Fsp3) is 0.133. The van der Waals surface area contributed by atoms with Gasteiger partial charge < -0.3 is 11.1 Å². The van der Waals surface area contributed by atoms with Crippen molar-refractivity contribution in [2.75, 3.05) is 11.1 Å². The number of benzene rings is 2. The highest BCUT2D eigenvalue weighted by molar-refractivity contribution is 6.33. The van der Waals surface area contributed by atoms with Gasteiger partial charge in [0.15, 0.2) is 0 Å². The number of hydrogen-bond acceptors (Lipinski definition) is 2. The van der Waals surface area contributed by atoms with Crippen LogP contribution in [0.1, 0.15) is 21.5 Å². The summed E-state index contributed by atoms with van der Waals surface area (Å²) >= 11 is 5.84. The van der Waals surface area contributed by atoms with Crippen LogP contribution in [-0.4, -0.2) is 5.91 Å². The maximum Gasteiger partial charge on any atom is 0.255 e. The molecular weight excluding hydrogens is 260 g/mol. The van der Waals surface area contributed by atoms with E-state index >= 15 is 0 Å². The summed E-state index contributed by atoms with van der Waals surface area (Å²) in [4.78, 5) is 12.2. The number of nitrogens with two attached hydrogens (primary N) is 1. The summed E-state index contributed by atoms with van der Waals surface area (Å²) in [6.45, 7) is 3.91. The van der Waals surface area contributed by atoms with Gasteiger partial charge in [0.25, 0.3) is 5.91 Å². The number of amides is 1. The van der Waals surface area contributed by atoms with Crippen LogP contribution in [0.15, 0.2) is 36.4 Å². The molecule has 0 saturated heterocycles. The Morgan fingerprint density at radius 3 is 2.53 bits per heavy atom. The summed E-state index contributed by atoms with van der Waals surface area (Å²) in [5.41, 5.74) is 9.50. The van der Waals surface area contributed by atoms with E-state index in [-0.39, 0.29) is 5.91 Å². The Labute approximate surface area is 117 Å². The molecule has 2 aromatic rings. The van der Waals surface area contributed by atoms with E-state index in [1.807, 2.05) is 32.0 Å². The van der Waals surface area contributed by atoms with Gasteiger partial charge in [-0.25, -0.2) is 0 Å². The highest BCUT2D eigenvalue weighted by Gasteiger charge is 2.09. The van der Waals surface area contributed by atoms with E-state index in [1.165, 1.54) is 0 Å². The van der Waals surface area contributed by atoms with E-state index < -0.39 is 0 Å². The van der Waals surface area contributed by atoms with Crippen molar-refractivity contribution in [2.24, 2.45) is 0 Å². The maximum atomic E-state index is 12.2. The zero-order valence-corrected chi connectivity index (χ0v) is 11.6. The summed E-state index contributed by atoms with van der Waals surface area (Å²) in [6.07, 6.45) is 0. The Kier molecular flexibility index (Phi) is 3.76. The van der Waals surface area contributed by atoms with Gasteiger partial charge in [-0.15, -0.1) is 0 Å². The molecule has 0 aromatic heterocycles. The predicted molar refractivity (Wildman–Crippen MR) is 79.7 cm³/mol. The smallest absolute Gasteiger partial charge is 0.255 e. The fourth-order valence-corrected chi connectivity index (χ4v) is 2.01. The lowest BCUT2D eigenvalue weighted by molar-refractivity contribution is 0.102. The lowest BCUT2D eigenvalue weighted by atomic mass is 10.1. The quantitative estimate of drug-likeness (QED) is 0.819. The van der Waals surface area contributed by atoms with Gasteiger partial charge in [-0.1, -0.05) is 29.3 Å². The van der Waals surface area contributed by atoms with Crippen LogP contribution in [0.5, 0.6) is 0 Å². The van der Waals surface area contributed by atoms with Crippen LogP contribution in [-0.2, 0) is 0 Å². The second-order valence-corrected chi connectivity index (χ2v) is 4.92. The third kappa shape index (κ3) is 3.06. The number of anilines is 2. The van der Waals surface area contributed by atoms with Crippen molar-refractivity contribution in [2.45, 2.75) is 13.8 Å². The summed E-state index contributed by atoms with van der Waals surface area (Å²) in [5.74, 6) is -0.153. The van der Waals surface area contributed by atoms with Crippen LogP contribution in [0.25, 0.3) is 0 Å². The number of rotatable bonds is 2. The lowest BCUT2D eigenvalue weighted by Gasteiger charge is -2.09. The Morgan fingerprint density at radius 1 is 1.16 bits per heavy atom. The van der Waals surface area contributed by atoms with Gasteiger partial charge in [0.1, 0.15) is 0 Å². The average Bonchev–Trinajstić information content (AvgIpc) is 2.33. The average molecular weight is 275 g/mol. The monoisotopic (exact) mass is 274 g/mol. The van der Waals surface area contributed by atoms with Gasteiger partial charge in [0.2, 0.25) is 0 Å². The van der Waals surface area contributed by atoms with Crippen molar-refractivity contribution in [3.63, 3.8) is 0 Å². The highest BCUT2D eigenvalue weighted by Crippen LogP contribution is 2.23. The SMILES string of the molecule is Cc1ccc(C(=O)Nc2ccc(Cl)c(N)c2)c(C)c1. The second kappa shape index (κ2) is 5.33. The number of nitrogen functional groups attached to an aromatic ring is 1. The predicted octanol–water partition coefficient (Wildman–Crippen LogP) is 3.79. The van der Waals surface area contributed by atoms with E-state index in [1.54, 1.807) is 18.2 Å². The first-order valence-electron chi connectivity index (χ1n) is 5.91. The molecule has 3 nitrogen and oxygen atoms in total. The first-order valence-corrected chi connectivity index (χ1v) is 6.29. The summed E-state index contributed by atoms with van der Waals surface area (Å²) in [7, 11) is 0. The minimum Gasteiger partial charge on any atom is -0.397 e. The number of halogens is 1. The Bertz CT molecular complexity index is 638. The maximum absolute atomic E-state index is 12.2.